The third-order valence-corrected chi connectivity index (χ3v) is 6.89. The van der Waals surface area contributed by atoms with Crippen LogP contribution in [0.5, 0.6) is 11.5 Å². The lowest BCUT2D eigenvalue weighted by Crippen LogP contribution is -2.28. The number of imide groups is 1. The molecule has 0 unspecified atom stereocenters. The van der Waals surface area contributed by atoms with E-state index in [2.05, 4.69) is 0 Å². The van der Waals surface area contributed by atoms with Crippen molar-refractivity contribution in [3.05, 3.63) is 97.1 Å². The number of benzene rings is 3. The van der Waals surface area contributed by atoms with Crippen molar-refractivity contribution in [2.75, 3.05) is 7.11 Å². The van der Waals surface area contributed by atoms with Gasteiger partial charge in [-0.3, -0.25) is 14.5 Å². The first-order valence-corrected chi connectivity index (χ1v) is 12.1. The van der Waals surface area contributed by atoms with Crippen LogP contribution in [-0.4, -0.2) is 23.2 Å². The van der Waals surface area contributed by atoms with Crippen molar-refractivity contribution in [1.82, 2.24) is 4.90 Å². The zero-order valence-electron chi connectivity index (χ0n) is 18.2. The Balaban J connectivity index is 1.54. The van der Waals surface area contributed by atoms with Crippen LogP contribution in [0, 0.1) is 5.82 Å². The second-order valence-corrected chi connectivity index (χ2v) is 9.66. The fourth-order valence-electron chi connectivity index (χ4n) is 3.33. The van der Waals surface area contributed by atoms with Crippen LogP contribution >= 0.6 is 46.6 Å². The fourth-order valence-corrected chi connectivity index (χ4v) is 4.79. The molecule has 3 aromatic carbocycles. The molecule has 5 nitrogen and oxygen atoms in total. The number of carbonyl (C=O) groups excluding carboxylic acids is 2. The predicted molar refractivity (Wildman–Crippen MR) is 137 cm³/mol. The highest BCUT2D eigenvalue weighted by Gasteiger charge is 2.36. The van der Waals surface area contributed by atoms with Gasteiger partial charge in [0.1, 0.15) is 12.4 Å². The highest BCUT2D eigenvalue weighted by molar-refractivity contribution is 8.18. The number of hydrogen-bond donors (Lipinski definition) is 0. The van der Waals surface area contributed by atoms with Gasteiger partial charge in [0.05, 0.1) is 23.6 Å². The number of carbonyl (C=O) groups is 2. The van der Waals surface area contributed by atoms with Gasteiger partial charge in [0.15, 0.2) is 11.5 Å². The average molecular weight is 553 g/mol. The van der Waals surface area contributed by atoms with Gasteiger partial charge < -0.3 is 9.47 Å². The van der Waals surface area contributed by atoms with Crippen LogP contribution in [-0.2, 0) is 17.9 Å². The number of thioether (sulfide) groups is 1. The highest BCUT2D eigenvalue weighted by atomic mass is 35.5. The number of ether oxygens (including phenoxy) is 2. The van der Waals surface area contributed by atoms with E-state index >= 15 is 0 Å². The van der Waals surface area contributed by atoms with Gasteiger partial charge in [0, 0.05) is 15.6 Å². The van der Waals surface area contributed by atoms with Crippen LogP contribution in [0.25, 0.3) is 6.08 Å². The molecule has 0 aromatic heterocycles. The van der Waals surface area contributed by atoms with Crippen molar-refractivity contribution >= 4 is 63.8 Å². The Kier molecular flexibility index (Phi) is 7.91. The molecular weight excluding hydrogens is 536 g/mol. The summed E-state index contributed by atoms with van der Waals surface area (Å²) in [7, 11) is 1.47. The Morgan fingerprint density at radius 2 is 1.77 bits per heavy atom. The van der Waals surface area contributed by atoms with E-state index in [0.29, 0.717) is 22.1 Å². The summed E-state index contributed by atoms with van der Waals surface area (Å²) in [5, 5.41) is 0.498. The molecule has 1 aliphatic heterocycles. The minimum absolute atomic E-state index is 0.0737. The quantitative estimate of drug-likeness (QED) is 0.282. The third kappa shape index (κ3) is 5.76. The lowest BCUT2D eigenvalue weighted by Gasteiger charge is -2.14. The van der Waals surface area contributed by atoms with Crippen LogP contribution in [0.1, 0.15) is 16.7 Å². The first kappa shape index (κ1) is 25.4. The van der Waals surface area contributed by atoms with Gasteiger partial charge in [0.25, 0.3) is 11.1 Å². The smallest absolute Gasteiger partial charge is 0.293 e. The maximum absolute atomic E-state index is 14.2. The van der Waals surface area contributed by atoms with Crippen LogP contribution in [0.3, 0.4) is 0 Å². The summed E-state index contributed by atoms with van der Waals surface area (Å²) in [6.07, 6.45) is 1.52. The van der Waals surface area contributed by atoms with E-state index in [9.17, 15) is 14.0 Å². The second-order valence-electron chi connectivity index (χ2n) is 7.42. The van der Waals surface area contributed by atoms with Crippen LogP contribution in [0.2, 0.25) is 15.1 Å². The van der Waals surface area contributed by atoms with Crippen molar-refractivity contribution in [3.8, 4) is 11.5 Å². The minimum Gasteiger partial charge on any atom is -0.493 e. The Labute approximate surface area is 220 Å². The summed E-state index contributed by atoms with van der Waals surface area (Å²) < 4.78 is 25.4. The topological polar surface area (TPSA) is 55.8 Å². The Morgan fingerprint density at radius 1 is 1.03 bits per heavy atom. The molecule has 4 rings (SSSR count). The third-order valence-electron chi connectivity index (χ3n) is 5.10. The number of rotatable bonds is 7. The molecule has 180 valence electrons. The second kappa shape index (κ2) is 10.9. The summed E-state index contributed by atoms with van der Waals surface area (Å²) in [6, 6.07) is 14.6. The number of nitrogens with zero attached hydrogens (tertiary/aromatic N) is 1. The minimum atomic E-state index is -0.591. The maximum atomic E-state index is 14.2. The molecule has 0 saturated carbocycles. The first-order valence-electron chi connectivity index (χ1n) is 10.2. The van der Waals surface area contributed by atoms with E-state index in [0.717, 1.165) is 22.2 Å². The molecule has 0 atom stereocenters. The van der Waals surface area contributed by atoms with E-state index in [1.165, 1.54) is 31.4 Å². The lowest BCUT2D eigenvalue weighted by atomic mass is 10.1. The Morgan fingerprint density at radius 3 is 2.46 bits per heavy atom. The monoisotopic (exact) mass is 551 g/mol. The average Bonchev–Trinajstić information content (AvgIpc) is 3.08. The number of hydrogen-bond acceptors (Lipinski definition) is 5. The van der Waals surface area contributed by atoms with Gasteiger partial charge in [-0.2, -0.15) is 0 Å². The lowest BCUT2D eigenvalue weighted by molar-refractivity contribution is -0.123. The van der Waals surface area contributed by atoms with Crippen molar-refractivity contribution in [2.24, 2.45) is 0 Å². The zero-order chi connectivity index (χ0) is 25.1. The van der Waals surface area contributed by atoms with Crippen LogP contribution < -0.4 is 9.47 Å². The molecule has 0 radical (unpaired) electrons. The van der Waals surface area contributed by atoms with Gasteiger partial charge in [-0.15, -0.1) is 0 Å². The van der Waals surface area contributed by atoms with Gasteiger partial charge >= 0.3 is 0 Å². The summed E-state index contributed by atoms with van der Waals surface area (Å²) in [4.78, 5) is 26.5. The number of methoxy groups -OCH3 is 1. The van der Waals surface area contributed by atoms with Gasteiger partial charge in [-0.05, 0) is 65.4 Å². The normalized spacial score (nSPS) is 14.7. The fraction of sp³-hybridized carbons (Fsp3) is 0.120. The summed E-state index contributed by atoms with van der Waals surface area (Å²) >= 11 is 19.2. The predicted octanol–water partition coefficient (Wildman–Crippen LogP) is 7.61. The van der Waals surface area contributed by atoms with E-state index in [1.54, 1.807) is 24.3 Å². The van der Waals surface area contributed by atoms with Crippen molar-refractivity contribution < 1.29 is 23.5 Å². The molecule has 2 amide bonds. The summed E-state index contributed by atoms with van der Waals surface area (Å²) in [5.41, 5.74) is 1.49. The summed E-state index contributed by atoms with van der Waals surface area (Å²) in [5.74, 6) is -0.456. The molecule has 10 heteroatoms. The maximum Gasteiger partial charge on any atom is 0.293 e. The number of amides is 2. The molecule has 0 spiro atoms. The molecule has 0 N–H and O–H groups in total. The number of halogens is 4. The first-order chi connectivity index (χ1) is 16.8. The highest BCUT2D eigenvalue weighted by Crippen LogP contribution is 2.40. The van der Waals surface area contributed by atoms with E-state index < -0.39 is 17.0 Å². The van der Waals surface area contributed by atoms with Crippen molar-refractivity contribution in [2.45, 2.75) is 13.2 Å². The van der Waals surface area contributed by atoms with Crippen molar-refractivity contribution in [1.29, 1.82) is 0 Å². The van der Waals surface area contributed by atoms with Gasteiger partial charge in [-0.1, -0.05) is 53.0 Å². The molecule has 1 saturated heterocycles. The standard InChI is InChI=1S/C25H17Cl3FNO4S/c1-33-21-10-15(9-19(28)23(21)34-13-14-5-7-16(26)8-6-14)11-22-24(31)30(25(32)35-22)12-17-18(27)3-2-4-20(17)29/h2-11H,12-13H2,1H3/b22-11-. The molecular formula is C25H17Cl3FNO4S. The molecule has 0 bridgehead atoms. The SMILES string of the molecule is COc1cc(/C=C2\SC(=O)N(Cc3c(F)cccc3Cl)C2=O)cc(Cl)c1OCc1ccc(Cl)cc1. The molecule has 0 aliphatic carbocycles. The van der Waals surface area contributed by atoms with E-state index in [-0.39, 0.29) is 33.7 Å². The molecule has 1 fully saturated rings. The van der Waals surface area contributed by atoms with Crippen molar-refractivity contribution in [3.63, 3.8) is 0 Å². The van der Waals surface area contributed by atoms with Crippen LogP contribution in [0.4, 0.5) is 9.18 Å². The largest absolute Gasteiger partial charge is 0.493 e. The van der Waals surface area contributed by atoms with E-state index in [4.69, 9.17) is 44.3 Å². The molecule has 1 aliphatic rings. The van der Waals surface area contributed by atoms with Crippen LogP contribution in [0.15, 0.2) is 59.5 Å². The Bertz CT molecular complexity index is 1310. The molecule has 1 heterocycles. The zero-order valence-corrected chi connectivity index (χ0v) is 21.3. The van der Waals surface area contributed by atoms with E-state index in [1.807, 2.05) is 12.1 Å². The Hall–Kier alpha value is -2.71. The van der Waals surface area contributed by atoms with Gasteiger partial charge in [0.2, 0.25) is 0 Å². The molecule has 35 heavy (non-hydrogen) atoms. The molecule has 3 aromatic rings. The van der Waals surface area contributed by atoms with Gasteiger partial charge in [-0.25, -0.2) is 4.39 Å². The summed E-state index contributed by atoms with van der Waals surface area (Å²) in [6.45, 7) is -0.0286.